The van der Waals surface area contributed by atoms with Crippen LogP contribution in [0.1, 0.15) is 48.6 Å². The first-order valence-corrected chi connectivity index (χ1v) is 11.4. The predicted molar refractivity (Wildman–Crippen MR) is 117 cm³/mol. The highest BCUT2D eigenvalue weighted by Gasteiger charge is 2.33. The third-order valence-electron chi connectivity index (χ3n) is 4.86. The molecule has 0 bridgehead atoms. The molecule has 1 aliphatic rings. The number of halogens is 1. The first kappa shape index (κ1) is 20.4. The van der Waals surface area contributed by atoms with Crippen molar-refractivity contribution >= 4 is 39.3 Å². The van der Waals surface area contributed by atoms with Gasteiger partial charge in [-0.1, -0.05) is 59.5 Å². The molecule has 3 nitrogen and oxygen atoms in total. The Kier molecular flexibility index (Phi) is 7.80. The second kappa shape index (κ2) is 10.3. The molecular formula is C22H26BrNO2S. The number of thioether (sulfide) groups is 1. The number of aryl methyl sites for hydroxylation is 1. The summed E-state index contributed by atoms with van der Waals surface area (Å²) in [6.45, 7) is 0.306. The molecule has 2 aromatic rings. The summed E-state index contributed by atoms with van der Waals surface area (Å²) >= 11 is 5.15. The lowest BCUT2D eigenvalue weighted by atomic mass is 10.0. The van der Waals surface area contributed by atoms with Crippen LogP contribution in [0.2, 0.25) is 0 Å². The number of aliphatic hydroxyl groups excluding tert-OH is 1. The molecular weight excluding hydrogens is 422 g/mol. The minimum atomic E-state index is 0.0474. The van der Waals surface area contributed by atoms with Crippen LogP contribution in [-0.4, -0.2) is 23.4 Å². The van der Waals surface area contributed by atoms with Gasteiger partial charge in [0.1, 0.15) is 5.37 Å². The molecule has 1 amide bonds. The Bertz CT molecular complexity index is 733. The maximum atomic E-state index is 12.4. The van der Waals surface area contributed by atoms with Crippen molar-refractivity contribution in [3.05, 3.63) is 64.1 Å². The molecule has 3 rings (SSSR count). The van der Waals surface area contributed by atoms with E-state index in [9.17, 15) is 4.79 Å². The zero-order valence-electron chi connectivity index (χ0n) is 15.4. The molecule has 1 atom stereocenters. The first-order valence-electron chi connectivity index (χ1n) is 9.58. The molecule has 1 N–H and O–H groups in total. The summed E-state index contributed by atoms with van der Waals surface area (Å²) in [5.74, 6) is 0.690. The Labute approximate surface area is 174 Å². The van der Waals surface area contributed by atoms with E-state index in [1.807, 2.05) is 29.2 Å². The van der Waals surface area contributed by atoms with E-state index in [0.29, 0.717) is 12.4 Å². The number of anilines is 1. The lowest BCUT2D eigenvalue weighted by molar-refractivity contribution is -0.115. The van der Waals surface area contributed by atoms with Crippen LogP contribution in [0.25, 0.3) is 0 Å². The first-order chi connectivity index (χ1) is 13.2. The van der Waals surface area contributed by atoms with Gasteiger partial charge in [-0.15, -0.1) is 11.8 Å². The van der Waals surface area contributed by atoms with Crippen molar-refractivity contribution in [1.82, 2.24) is 0 Å². The fourth-order valence-corrected chi connectivity index (χ4v) is 4.81. The van der Waals surface area contributed by atoms with Gasteiger partial charge in [0.2, 0.25) is 5.91 Å². The number of hydrogen-bond acceptors (Lipinski definition) is 3. The van der Waals surface area contributed by atoms with Crippen LogP contribution >= 0.6 is 27.7 Å². The highest BCUT2D eigenvalue weighted by Crippen LogP contribution is 2.41. The van der Waals surface area contributed by atoms with Crippen molar-refractivity contribution in [1.29, 1.82) is 0 Å². The smallest absolute Gasteiger partial charge is 0.238 e. The van der Waals surface area contributed by atoms with Gasteiger partial charge in [0, 0.05) is 16.8 Å². The van der Waals surface area contributed by atoms with Crippen molar-refractivity contribution < 1.29 is 9.90 Å². The molecule has 144 valence electrons. The highest BCUT2D eigenvalue weighted by atomic mass is 79.9. The summed E-state index contributed by atoms with van der Waals surface area (Å²) < 4.78 is 1.02. The van der Waals surface area contributed by atoms with Crippen LogP contribution in [0, 0.1) is 0 Å². The Morgan fingerprint density at radius 1 is 0.963 bits per heavy atom. The molecule has 0 unspecified atom stereocenters. The van der Waals surface area contributed by atoms with Crippen LogP contribution in [0.15, 0.2) is 53.0 Å². The topological polar surface area (TPSA) is 40.5 Å². The normalized spacial score (nSPS) is 16.9. The van der Waals surface area contributed by atoms with Crippen molar-refractivity contribution in [2.45, 2.75) is 43.9 Å². The Morgan fingerprint density at radius 3 is 2.33 bits per heavy atom. The van der Waals surface area contributed by atoms with E-state index in [1.165, 1.54) is 30.4 Å². The van der Waals surface area contributed by atoms with E-state index in [2.05, 4.69) is 40.2 Å². The van der Waals surface area contributed by atoms with E-state index in [0.717, 1.165) is 29.4 Å². The number of carbonyl (C=O) groups excluding carboxylic acids is 1. The van der Waals surface area contributed by atoms with Gasteiger partial charge in [-0.3, -0.25) is 9.69 Å². The van der Waals surface area contributed by atoms with Crippen molar-refractivity contribution in [3.63, 3.8) is 0 Å². The van der Waals surface area contributed by atoms with Crippen LogP contribution in [0.3, 0.4) is 0 Å². The summed E-state index contributed by atoms with van der Waals surface area (Å²) in [4.78, 5) is 14.3. The second-order valence-corrected chi connectivity index (χ2v) is 8.87. The van der Waals surface area contributed by atoms with Gasteiger partial charge in [0.25, 0.3) is 0 Å². The molecule has 0 radical (unpaired) electrons. The Morgan fingerprint density at radius 2 is 1.63 bits per heavy atom. The number of hydrogen-bond donors (Lipinski definition) is 1. The lowest BCUT2D eigenvalue weighted by Gasteiger charge is -2.24. The second-order valence-electron chi connectivity index (χ2n) is 6.89. The molecule has 5 heteroatoms. The lowest BCUT2D eigenvalue weighted by Crippen LogP contribution is -2.27. The van der Waals surface area contributed by atoms with Crippen molar-refractivity contribution in [3.8, 4) is 0 Å². The number of unbranched alkanes of at least 4 members (excludes halogenated alkanes) is 4. The SMILES string of the molecule is O=C1CS[C@H](c2ccc(CCCCCCCO)cc2)N1c1ccc(Br)cc1. The quantitative estimate of drug-likeness (QED) is 0.500. The molecule has 1 aliphatic heterocycles. The minimum Gasteiger partial charge on any atom is -0.396 e. The van der Waals surface area contributed by atoms with Gasteiger partial charge >= 0.3 is 0 Å². The maximum Gasteiger partial charge on any atom is 0.238 e. The Balaban J connectivity index is 1.60. The number of carbonyl (C=O) groups is 1. The summed E-state index contributed by atoms with van der Waals surface area (Å²) in [5.41, 5.74) is 3.48. The molecule has 1 saturated heterocycles. The zero-order valence-corrected chi connectivity index (χ0v) is 17.8. The van der Waals surface area contributed by atoms with Gasteiger partial charge < -0.3 is 5.11 Å². The predicted octanol–water partition coefficient (Wildman–Crippen LogP) is 5.71. The molecule has 0 spiro atoms. The van der Waals surface area contributed by atoms with Gasteiger partial charge in [0.15, 0.2) is 0 Å². The largest absolute Gasteiger partial charge is 0.396 e. The van der Waals surface area contributed by atoms with Gasteiger partial charge in [0.05, 0.1) is 5.75 Å². The molecule has 2 aromatic carbocycles. The van der Waals surface area contributed by atoms with E-state index < -0.39 is 0 Å². The summed E-state index contributed by atoms with van der Waals surface area (Å²) in [5, 5.41) is 8.86. The maximum absolute atomic E-state index is 12.4. The molecule has 1 fully saturated rings. The van der Waals surface area contributed by atoms with Crippen LogP contribution in [0.5, 0.6) is 0 Å². The average Bonchev–Trinajstić information content (AvgIpc) is 3.07. The number of aliphatic hydroxyl groups is 1. The fourth-order valence-electron chi connectivity index (χ4n) is 3.37. The number of amides is 1. The van der Waals surface area contributed by atoms with E-state index in [1.54, 1.807) is 11.8 Å². The Hall–Kier alpha value is -1.30. The monoisotopic (exact) mass is 447 g/mol. The third kappa shape index (κ3) is 5.59. The minimum absolute atomic E-state index is 0.0474. The van der Waals surface area contributed by atoms with E-state index in [4.69, 9.17) is 5.11 Å². The number of benzene rings is 2. The van der Waals surface area contributed by atoms with Crippen LogP contribution < -0.4 is 4.90 Å². The van der Waals surface area contributed by atoms with E-state index in [-0.39, 0.29) is 11.3 Å². The molecule has 0 saturated carbocycles. The summed E-state index contributed by atoms with van der Waals surface area (Å²) in [7, 11) is 0. The summed E-state index contributed by atoms with van der Waals surface area (Å²) in [6, 6.07) is 16.7. The molecule has 0 aliphatic carbocycles. The zero-order chi connectivity index (χ0) is 19.1. The van der Waals surface area contributed by atoms with Crippen LogP contribution in [-0.2, 0) is 11.2 Å². The highest BCUT2D eigenvalue weighted by molar-refractivity contribution is 9.10. The number of nitrogens with zero attached hydrogens (tertiary/aromatic N) is 1. The van der Waals surface area contributed by atoms with Crippen molar-refractivity contribution in [2.24, 2.45) is 0 Å². The third-order valence-corrected chi connectivity index (χ3v) is 6.60. The van der Waals surface area contributed by atoms with Crippen molar-refractivity contribution in [2.75, 3.05) is 17.3 Å². The molecule has 0 aromatic heterocycles. The van der Waals surface area contributed by atoms with E-state index >= 15 is 0 Å². The van der Waals surface area contributed by atoms with Gasteiger partial charge in [-0.25, -0.2) is 0 Å². The average molecular weight is 448 g/mol. The van der Waals surface area contributed by atoms with Gasteiger partial charge in [-0.2, -0.15) is 0 Å². The number of rotatable bonds is 9. The molecule has 27 heavy (non-hydrogen) atoms. The van der Waals surface area contributed by atoms with Gasteiger partial charge in [-0.05, 0) is 54.7 Å². The standard InChI is InChI=1S/C22H26BrNO2S/c23-19-11-13-20(14-12-19)24-21(26)16-27-22(24)18-9-7-17(8-10-18)6-4-2-1-3-5-15-25/h7-14,22,25H,1-6,15-16H2/t22-/m1/s1. The van der Waals surface area contributed by atoms with Crippen LogP contribution in [0.4, 0.5) is 5.69 Å². The molecule has 1 heterocycles. The summed E-state index contributed by atoms with van der Waals surface area (Å²) in [6.07, 6.45) is 6.72. The fraction of sp³-hybridized carbons (Fsp3) is 0.409.